The van der Waals surface area contributed by atoms with Crippen LogP contribution in [0.1, 0.15) is 35.5 Å². The van der Waals surface area contributed by atoms with E-state index in [2.05, 4.69) is 4.98 Å². The largest absolute Gasteiger partial charge is 0.354 e. The van der Waals surface area contributed by atoms with E-state index >= 15 is 0 Å². The number of benzene rings is 2. The van der Waals surface area contributed by atoms with E-state index in [0.717, 1.165) is 22.8 Å². The average molecular weight is 463 g/mol. The summed E-state index contributed by atoms with van der Waals surface area (Å²) in [5, 5.41) is 0.915. The molecule has 3 amide bonds. The van der Waals surface area contributed by atoms with Crippen LogP contribution in [0.25, 0.3) is 16.5 Å². The van der Waals surface area contributed by atoms with Gasteiger partial charge in [-0.2, -0.15) is 0 Å². The maximum absolute atomic E-state index is 13.3. The quantitative estimate of drug-likeness (QED) is 0.586. The first-order chi connectivity index (χ1) is 16.0. The Morgan fingerprint density at radius 2 is 1.76 bits per heavy atom. The van der Waals surface area contributed by atoms with Crippen molar-refractivity contribution < 1.29 is 18.8 Å². The van der Waals surface area contributed by atoms with Crippen LogP contribution < -0.4 is 4.90 Å². The minimum atomic E-state index is -0.516. The van der Waals surface area contributed by atoms with Crippen LogP contribution in [0.4, 0.5) is 14.9 Å². The van der Waals surface area contributed by atoms with Gasteiger partial charge in [-0.1, -0.05) is 19.9 Å². The van der Waals surface area contributed by atoms with Crippen molar-refractivity contribution >= 4 is 40.4 Å². The fraction of sp³-hybridized carbons (Fsp3) is 0.269. The maximum atomic E-state index is 13.3. The number of nitrogens with one attached hydrogen (secondary N) is 1. The Morgan fingerprint density at radius 1 is 1.09 bits per heavy atom. The van der Waals surface area contributed by atoms with E-state index in [1.165, 1.54) is 34.1 Å². The molecule has 34 heavy (non-hydrogen) atoms. The van der Waals surface area contributed by atoms with Crippen LogP contribution in [0.5, 0.6) is 0 Å². The fourth-order valence-corrected chi connectivity index (χ4v) is 4.49. The molecule has 4 rings (SSSR count). The summed E-state index contributed by atoms with van der Waals surface area (Å²) in [6.45, 7) is 4.35. The third-order valence-electron chi connectivity index (χ3n) is 6.14. The van der Waals surface area contributed by atoms with Crippen LogP contribution in [0, 0.1) is 5.82 Å². The summed E-state index contributed by atoms with van der Waals surface area (Å²) in [5.74, 6) is -0.733. The van der Waals surface area contributed by atoms with Crippen molar-refractivity contribution in [1.29, 1.82) is 0 Å². The third kappa shape index (κ3) is 3.96. The minimum Gasteiger partial charge on any atom is -0.354 e. The Hall–Kier alpha value is -3.94. The van der Waals surface area contributed by atoms with Crippen LogP contribution >= 0.6 is 0 Å². The zero-order valence-electron chi connectivity index (χ0n) is 19.8. The molecule has 3 aromatic rings. The van der Waals surface area contributed by atoms with Gasteiger partial charge in [-0.15, -0.1) is 0 Å². The molecule has 2 heterocycles. The molecule has 1 aliphatic heterocycles. The van der Waals surface area contributed by atoms with E-state index in [9.17, 15) is 18.8 Å². The predicted molar refractivity (Wildman–Crippen MR) is 130 cm³/mol. The molecule has 8 heteroatoms. The zero-order chi connectivity index (χ0) is 24.8. The monoisotopic (exact) mass is 462 g/mol. The van der Waals surface area contributed by atoms with Crippen LogP contribution in [-0.2, 0) is 10.2 Å². The molecule has 2 aromatic carbocycles. The minimum absolute atomic E-state index is 0.156. The number of aromatic amines is 1. The van der Waals surface area contributed by atoms with Crippen molar-refractivity contribution in [2.24, 2.45) is 0 Å². The Morgan fingerprint density at radius 3 is 2.38 bits per heavy atom. The highest BCUT2D eigenvalue weighted by atomic mass is 19.1. The normalized spacial score (nSPS) is 14.8. The summed E-state index contributed by atoms with van der Waals surface area (Å²) in [4.78, 5) is 45.6. The van der Waals surface area contributed by atoms with Gasteiger partial charge in [0, 0.05) is 61.5 Å². The van der Waals surface area contributed by atoms with Gasteiger partial charge >= 0.3 is 6.03 Å². The van der Waals surface area contributed by atoms with E-state index < -0.39 is 11.2 Å². The number of fused-ring (bicyclic) bond motifs is 3. The Labute approximate surface area is 197 Å². The predicted octanol–water partition coefficient (Wildman–Crippen LogP) is 4.40. The van der Waals surface area contributed by atoms with Crippen molar-refractivity contribution in [3.63, 3.8) is 0 Å². The second kappa shape index (κ2) is 8.44. The highest BCUT2D eigenvalue weighted by Crippen LogP contribution is 2.40. The number of carbonyl (C=O) groups is 3. The lowest BCUT2D eigenvalue weighted by atomic mass is 9.82. The number of anilines is 1. The lowest BCUT2D eigenvalue weighted by Crippen LogP contribution is -2.37. The van der Waals surface area contributed by atoms with Crippen LogP contribution in [0.15, 0.2) is 48.7 Å². The molecule has 1 aromatic heterocycles. The summed E-state index contributed by atoms with van der Waals surface area (Å²) in [5.41, 5.74) is 3.23. The van der Waals surface area contributed by atoms with Crippen molar-refractivity contribution in [3.05, 3.63) is 71.3 Å². The standard InChI is InChI=1S/C26H27FN4O3/c1-26(2)15-31(24(33)16-6-8-18(27)9-7-16)13-17(14-32)23-22(26)20-11-10-19(12-21(20)28-23)30(5)25(34)29(3)4/h6-14,28H,15H2,1-5H3. The zero-order valence-corrected chi connectivity index (χ0v) is 19.8. The number of allylic oxidation sites excluding steroid dienone is 1. The molecule has 0 aliphatic carbocycles. The molecule has 0 saturated heterocycles. The van der Waals surface area contributed by atoms with Gasteiger partial charge in [0.25, 0.3) is 5.91 Å². The Bertz CT molecular complexity index is 1320. The molecule has 0 saturated carbocycles. The van der Waals surface area contributed by atoms with Gasteiger partial charge in [0.1, 0.15) is 5.82 Å². The molecule has 0 atom stereocenters. The van der Waals surface area contributed by atoms with Crippen molar-refractivity contribution in [2.75, 3.05) is 32.6 Å². The van der Waals surface area contributed by atoms with E-state index in [1.54, 1.807) is 32.2 Å². The lowest BCUT2D eigenvalue weighted by Gasteiger charge is -2.30. The molecule has 1 aliphatic rings. The van der Waals surface area contributed by atoms with Crippen LogP contribution in [-0.4, -0.2) is 60.7 Å². The highest BCUT2D eigenvalue weighted by molar-refractivity contribution is 6.11. The first-order valence-corrected chi connectivity index (χ1v) is 10.9. The maximum Gasteiger partial charge on any atom is 0.323 e. The van der Waals surface area contributed by atoms with E-state index in [1.807, 2.05) is 32.0 Å². The number of hydrogen-bond acceptors (Lipinski definition) is 3. The molecule has 0 bridgehead atoms. The van der Waals surface area contributed by atoms with E-state index in [4.69, 9.17) is 0 Å². The summed E-state index contributed by atoms with van der Waals surface area (Å²) in [6.07, 6.45) is 2.27. The Kier molecular flexibility index (Phi) is 5.77. The molecule has 1 N–H and O–H groups in total. The number of H-pyrrole nitrogens is 1. The Balaban J connectivity index is 1.80. The molecule has 176 valence electrons. The number of aldehydes is 1. The van der Waals surface area contributed by atoms with Gasteiger partial charge in [-0.05, 0) is 42.0 Å². The summed E-state index contributed by atoms with van der Waals surface area (Å²) in [7, 11) is 5.09. The number of rotatable bonds is 3. The van der Waals surface area contributed by atoms with Gasteiger partial charge in [-0.3, -0.25) is 14.5 Å². The topological polar surface area (TPSA) is 76.7 Å². The van der Waals surface area contributed by atoms with E-state index in [-0.39, 0.29) is 11.9 Å². The smallest absolute Gasteiger partial charge is 0.323 e. The molecule has 0 spiro atoms. The van der Waals surface area contributed by atoms with Gasteiger partial charge in [0.05, 0.1) is 11.3 Å². The number of halogens is 1. The number of amides is 3. The number of nitrogens with zero attached hydrogens (tertiary/aromatic N) is 3. The SMILES string of the molecule is CN(C)C(=O)N(C)c1ccc2c3c([nH]c2c1)C(C=O)=CN(C(=O)c1ccc(F)cc1)CC3(C)C. The fourth-order valence-electron chi connectivity index (χ4n) is 4.49. The van der Waals surface area contributed by atoms with Crippen LogP contribution in [0.3, 0.4) is 0 Å². The molecule has 0 radical (unpaired) electrons. The van der Waals surface area contributed by atoms with Gasteiger partial charge < -0.3 is 14.8 Å². The van der Waals surface area contributed by atoms with Crippen molar-refractivity contribution in [2.45, 2.75) is 19.3 Å². The molecular weight excluding hydrogens is 435 g/mol. The second-order valence-corrected chi connectivity index (χ2v) is 9.37. The summed E-state index contributed by atoms with van der Waals surface area (Å²) in [6, 6.07) is 10.9. The third-order valence-corrected chi connectivity index (χ3v) is 6.14. The lowest BCUT2D eigenvalue weighted by molar-refractivity contribution is -0.103. The van der Waals surface area contributed by atoms with Gasteiger partial charge in [0.2, 0.25) is 0 Å². The number of carbonyl (C=O) groups excluding carboxylic acids is 3. The molecular formula is C26H27FN4O3. The highest BCUT2D eigenvalue weighted by Gasteiger charge is 2.35. The summed E-state index contributed by atoms with van der Waals surface area (Å²) < 4.78 is 13.3. The number of hydrogen-bond donors (Lipinski definition) is 1. The first-order valence-electron chi connectivity index (χ1n) is 10.9. The van der Waals surface area contributed by atoms with E-state index in [0.29, 0.717) is 29.1 Å². The number of urea groups is 1. The van der Waals surface area contributed by atoms with Gasteiger partial charge in [-0.25, -0.2) is 9.18 Å². The van der Waals surface area contributed by atoms with Gasteiger partial charge in [0.15, 0.2) is 6.29 Å². The molecule has 0 unspecified atom stereocenters. The van der Waals surface area contributed by atoms with Crippen LogP contribution in [0.2, 0.25) is 0 Å². The first kappa shape index (κ1) is 23.2. The summed E-state index contributed by atoms with van der Waals surface area (Å²) >= 11 is 0. The molecule has 7 nitrogen and oxygen atoms in total. The average Bonchev–Trinajstić information content (AvgIpc) is 3.15. The van der Waals surface area contributed by atoms with Crippen molar-refractivity contribution in [3.8, 4) is 0 Å². The number of aromatic nitrogens is 1. The second-order valence-electron chi connectivity index (χ2n) is 9.37. The molecule has 0 fully saturated rings. The van der Waals surface area contributed by atoms with Crippen molar-refractivity contribution in [1.82, 2.24) is 14.8 Å².